The molecule has 1 atom stereocenters. The molecule has 0 aromatic carbocycles. The zero-order chi connectivity index (χ0) is 25.8. The quantitative estimate of drug-likeness (QED) is 0.146. The second-order valence-corrected chi connectivity index (χ2v) is 12.7. The highest BCUT2D eigenvalue weighted by Gasteiger charge is 2.32. The Morgan fingerprint density at radius 2 is 1.28 bits per heavy atom. The van der Waals surface area contributed by atoms with Crippen LogP contribution in [0.3, 0.4) is 0 Å². The van der Waals surface area contributed by atoms with Gasteiger partial charge in [-0.15, -0.1) is 0 Å². The molecule has 3 aliphatic rings. The fraction of sp³-hybridized carbons (Fsp3) is 0.906. The maximum Gasteiger partial charge on any atom is 0.335 e. The lowest BCUT2D eigenvalue weighted by Gasteiger charge is -2.38. The molecule has 2 N–H and O–H groups in total. The second-order valence-electron chi connectivity index (χ2n) is 12.7. The van der Waals surface area contributed by atoms with E-state index in [0.29, 0.717) is 5.92 Å². The molecule has 4 nitrogen and oxygen atoms in total. The van der Waals surface area contributed by atoms with Crippen LogP contribution >= 0.6 is 0 Å². The Bertz CT molecular complexity index is 622. The van der Waals surface area contributed by atoms with E-state index in [4.69, 9.17) is 9.84 Å². The van der Waals surface area contributed by atoms with Crippen molar-refractivity contribution in [1.82, 2.24) is 0 Å². The van der Waals surface area contributed by atoms with Crippen LogP contribution in [0.4, 0.5) is 0 Å². The Balaban J connectivity index is 1.26. The van der Waals surface area contributed by atoms with Crippen molar-refractivity contribution in [3.63, 3.8) is 0 Å². The minimum absolute atomic E-state index is 0.00285. The molecule has 208 valence electrons. The van der Waals surface area contributed by atoms with Gasteiger partial charge in [-0.2, -0.15) is 0 Å². The van der Waals surface area contributed by atoms with Crippen LogP contribution in [-0.4, -0.2) is 36.0 Å². The number of hydrogen-bond donors (Lipinski definition) is 2. The Morgan fingerprint density at radius 3 is 1.75 bits per heavy atom. The molecule has 0 aromatic heterocycles. The maximum atomic E-state index is 11.8. The molecular weight excluding hydrogens is 448 g/mol. The lowest BCUT2D eigenvalue weighted by molar-refractivity contribution is -0.142. The number of esters is 1. The van der Waals surface area contributed by atoms with Gasteiger partial charge in [0.15, 0.2) is 0 Å². The van der Waals surface area contributed by atoms with E-state index in [1.165, 1.54) is 103 Å². The summed E-state index contributed by atoms with van der Waals surface area (Å²) in [5.41, 5.74) is 0.0783. The number of aliphatic hydroxyl groups excluding tert-OH is 2. The molecule has 0 bridgehead atoms. The van der Waals surface area contributed by atoms with Crippen molar-refractivity contribution >= 4 is 5.97 Å². The molecule has 0 aromatic rings. The summed E-state index contributed by atoms with van der Waals surface area (Å²) in [4.78, 5) is 11.8. The molecule has 0 radical (unpaired) electrons. The predicted molar refractivity (Wildman–Crippen MR) is 147 cm³/mol. The highest BCUT2D eigenvalue weighted by molar-refractivity contribution is 5.87. The van der Waals surface area contributed by atoms with E-state index in [1.807, 2.05) is 0 Å². The molecule has 1 unspecified atom stereocenters. The number of aliphatic hydroxyl groups is 2. The van der Waals surface area contributed by atoms with E-state index < -0.39 is 5.97 Å². The highest BCUT2D eigenvalue weighted by atomic mass is 16.5. The average molecular weight is 505 g/mol. The van der Waals surface area contributed by atoms with Crippen molar-refractivity contribution in [2.45, 2.75) is 122 Å². The summed E-state index contributed by atoms with van der Waals surface area (Å²) >= 11 is 0. The minimum atomic E-state index is -0.547. The summed E-state index contributed by atoms with van der Waals surface area (Å²) in [7, 11) is 0. The first kappa shape index (κ1) is 29.7. The predicted octanol–water partition coefficient (Wildman–Crippen LogP) is 7.47. The SMILES string of the molecule is C=C(CO)C(=O)OCC(CO)C1CCC(CCC2CCC(C3CCC(CCCCC)CC3)CC2)CC1. The first-order valence-corrected chi connectivity index (χ1v) is 15.6. The van der Waals surface area contributed by atoms with Crippen LogP contribution in [0.2, 0.25) is 0 Å². The molecule has 4 heteroatoms. The zero-order valence-electron chi connectivity index (χ0n) is 23.3. The molecule has 3 fully saturated rings. The van der Waals surface area contributed by atoms with E-state index in [-0.39, 0.29) is 31.3 Å². The van der Waals surface area contributed by atoms with Gasteiger partial charge in [0, 0.05) is 12.5 Å². The van der Waals surface area contributed by atoms with Crippen molar-refractivity contribution in [3.8, 4) is 0 Å². The number of ether oxygens (including phenoxy) is 1. The summed E-state index contributed by atoms with van der Waals surface area (Å²) in [6.45, 7) is 5.73. The van der Waals surface area contributed by atoms with Crippen molar-refractivity contribution in [1.29, 1.82) is 0 Å². The van der Waals surface area contributed by atoms with Crippen molar-refractivity contribution < 1.29 is 19.7 Å². The van der Waals surface area contributed by atoms with E-state index in [2.05, 4.69) is 13.5 Å². The minimum Gasteiger partial charge on any atom is -0.462 e. The lowest BCUT2D eigenvalue weighted by atomic mass is 9.67. The monoisotopic (exact) mass is 504 g/mol. The molecule has 0 aliphatic heterocycles. The van der Waals surface area contributed by atoms with Gasteiger partial charge in [0.05, 0.1) is 18.8 Å². The summed E-state index contributed by atoms with van der Waals surface area (Å²) in [6.07, 6.45) is 25.2. The van der Waals surface area contributed by atoms with E-state index >= 15 is 0 Å². The maximum absolute atomic E-state index is 11.8. The third-order valence-corrected chi connectivity index (χ3v) is 10.3. The highest BCUT2D eigenvalue weighted by Crippen LogP contribution is 2.44. The number of carbonyl (C=O) groups excluding carboxylic acids is 1. The van der Waals surface area contributed by atoms with E-state index in [1.54, 1.807) is 0 Å². The first-order valence-electron chi connectivity index (χ1n) is 15.6. The van der Waals surface area contributed by atoms with Crippen LogP contribution in [0.5, 0.6) is 0 Å². The third-order valence-electron chi connectivity index (χ3n) is 10.3. The van der Waals surface area contributed by atoms with Gasteiger partial charge >= 0.3 is 5.97 Å². The fourth-order valence-corrected chi connectivity index (χ4v) is 7.69. The van der Waals surface area contributed by atoms with Gasteiger partial charge in [-0.3, -0.25) is 0 Å². The Hall–Kier alpha value is -0.870. The van der Waals surface area contributed by atoms with Gasteiger partial charge in [0.1, 0.15) is 0 Å². The second kappa shape index (κ2) is 16.2. The molecule has 0 amide bonds. The molecule has 36 heavy (non-hydrogen) atoms. The number of carbonyl (C=O) groups is 1. The van der Waals surface area contributed by atoms with Gasteiger partial charge in [0.25, 0.3) is 0 Å². The number of rotatable bonds is 14. The normalized spacial score (nSPS) is 32.1. The molecular formula is C32H56O4. The summed E-state index contributed by atoms with van der Waals surface area (Å²) in [6, 6.07) is 0. The third kappa shape index (κ3) is 9.46. The van der Waals surface area contributed by atoms with E-state index in [9.17, 15) is 9.90 Å². The molecule has 3 saturated carbocycles. The van der Waals surface area contributed by atoms with Crippen molar-refractivity contribution in [2.24, 2.45) is 41.4 Å². The van der Waals surface area contributed by atoms with Crippen LogP contribution < -0.4 is 0 Å². The van der Waals surface area contributed by atoms with Gasteiger partial charge in [-0.05, 0) is 74.0 Å². The van der Waals surface area contributed by atoms with Gasteiger partial charge in [-0.1, -0.05) is 90.6 Å². The summed E-state index contributed by atoms with van der Waals surface area (Å²) in [5.74, 6) is 4.76. The smallest absolute Gasteiger partial charge is 0.335 e. The van der Waals surface area contributed by atoms with E-state index in [0.717, 1.165) is 42.4 Å². The van der Waals surface area contributed by atoms with Crippen LogP contribution in [0.15, 0.2) is 12.2 Å². The first-order chi connectivity index (χ1) is 17.5. The summed E-state index contributed by atoms with van der Waals surface area (Å²) < 4.78 is 5.27. The standard InChI is InChI=1S/C32H56O4/c1-3-4-5-6-25-9-15-28(16-10-25)29-17-11-26(12-18-29)7-8-27-13-19-30(20-14-27)31(22-34)23-36-32(35)24(2)21-33/h25-31,33-34H,2-23H2,1H3. The Labute approximate surface area is 221 Å². The van der Waals surface area contributed by atoms with Crippen LogP contribution in [0.1, 0.15) is 122 Å². The Morgan fingerprint density at radius 1 is 0.778 bits per heavy atom. The fourth-order valence-electron chi connectivity index (χ4n) is 7.69. The average Bonchev–Trinajstić information content (AvgIpc) is 2.93. The summed E-state index contributed by atoms with van der Waals surface area (Å²) in [5, 5.41) is 18.8. The topological polar surface area (TPSA) is 66.8 Å². The van der Waals surface area contributed by atoms with Gasteiger partial charge < -0.3 is 14.9 Å². The molecule has 0 spiro atoms. The van der Waals surface area contributed by atoms with Crippen LogP contribution in [0.25, 0.3) is 0 Å². The van der Waals surface area contributed by atoms with Crippen molar-refractivity contribution in [2.75, 3.05) is 19.8 Å². The molecule has 3 rings (SSSR count). The molecule has 0 heterocycles. The van der Waals surface area contributed by atoms with Gasteiger partial charge in [0.2, 0.25) is 0 Å². The molecule has 3 aliphatic carbocycles. The van der Waals surface area contributed by atoms with Crippen molar-refractivity contribution in [3.05, 3.63) is 12.2 Å². The lowest BCUT2D eigenvalue weighted by Crippen LogP contribution is -2.29. The molecule has 0 saturated heterocycles. The number of hydrogen-bond acceptors (Lipinski definition) is 4. The largest absolute Gasteiger partial charge is 0.462 e. The van der Waals surface area contributed by atoms with Crippen LogP contribution in [0, 0.1) is 41.4 Å². The Kier molecular flexibility index (Phi) is 13.3. The van der Waals surface area contributed by atoms with Gasteiger partial charge in [-0.25, -0.2) is 4.79 Å². The zero-order valence-corrected chi connectivity index (χ0v) is 23.3. The van der Waals surface area contributed by atoms with Crippen LogP contribution in [-0.2, 0) is 9.53 Å². The number of unbranched alkanes of at least 4 members (excludes halogenated alkanes) is 2.